The van der Waals surface area contributed by atoms with Crippen LogP contribution in [0.5, 0.6) is 5.88 Å². The lowest BCUT2D eigenvalue weighted by atomic mass is 9.97. The average molecular weight is 449 g/mol. The quantitative estimate of drug-likeness (QED) is 0.545. The van der Waals surface area contributed by atoms with E-state index in [9.17, 15) is 9.59 Å². The van der Waals surface area contributed by atoms with Gasteiger partial charge in [0.1, 0.15) is 0 Å². The van der Waals surface area contributed by atoms with Crippen LogP contribution in [-0.2, 0) is 9.53 Å². The van der Waals surface area contributed by atoms with Gasteiger partial charge in [0.2, 0.25) is 5.91 Å². The Bertz CT molecular complexity index is 1130. The number of anilines is 2. The highest BCUT2D eigenvalue weighted by Crippen LogP contribution is 2.31. The third-order valence-corrected chi connectivity index (χ3v) is 5.63. The van der Waals surface area contributed by atoms with Gasteiger partial charge in [-0.1, -0.05) is 19.1 Å². The monoisotopic (exact) mass is 448 g/mol. The van der Waals surface area contributed by atoms with Gasteiger partial charge in [-0.3, -0.25) is 4.79 Å². The second kappa shape index (κ2) is 10.3. The number of esters is 1. The second-order valence-corrected chi connectivity index (χ2v) is 8.03. The molecule has 2 aromatic carbocycles. The summed E-state index contributed by atoms with van der Waals surface area (Å²) in [5, 5.41) is 2.96. The minimum atomic E-state index is -0.409. The number of nitrogens with one attached hydrogen (secondary N) is 1. The second-order valence-electron chi connectivity index (χ2n) is 8.03. The molecule has 1 saturated heterocycles. The maximum atomic E-state index is 13.0. The topological polar surface area (TPSA) is 93.7 Å². The van der Waals surface area contributed by atoms with Crippen molar-refractivity contribution in [1.82, 2.24) is 9.97 Å². The molecule has 0 aliphatic carbocycles. The van der Waals surface area contributed by atoms with Crippen LogP contribution < -0.4 is 15.0 Å². The molecule has 1 aliphatic heterocycles. The number of carbonyl (C=O) groups is 2. The maximum absolute atomic E-state index is 13.0. The number of hydrogen-bond acceptors (Lipinski definition) is 7. The lowest BCUT2D eigenvalue weighted by molar-refractivity contribution is -0.120. The summed E-state index contributed by atoms with van der Waals surface area (Å²) in [6, 6.07) is 14.4. The maximum Gasteiger partial charge on any atom is 0.337 e. The highest BCUT2D eigenvalue weighted by atomic mass is 16.5. The van der Waals surface area contributed by atoms with Gasteiger partial charge in [-0.25, -0.2) is 14.8 Å². The largest absolute Gasteiger partial charge is 0.475 e. The van der Waals surface area contributed by atoms with Crippen molar-refractivity contribution in [2.75, 3.05) is 37.0 Å². The van der Waals surface area contributed by atoms with Crippen LogP contribution in [0.4, 0.5) is 11.5 Å². The predicted molar refractivity (Wildman–Crippen MR) is 127 cm³/mol. The number of carbonyl (C=O) groups excluding carboxylic acids is 2. The van der Waals surface area contributed by atoms with Gasteiger partial charge in [0, 0.05) is 18.8 Å². The van der Waals surface area contributed by atoms with Crippen LogP contribution in [0.1, 0.15) is 36.5 Å². The standard InChI is InChI=1S/C25H28N4O4/c1-3-15-33-24-22(27-20-8-4-5-9-21(20)28-24)29-14-6-7-18(16-29)23(30)26-19-12-10-17(11-13-19)25(31)32-2/h4-5,8-13,18H,3,6-7,14-16H2,1-2H3,(H,26,30)/t18-/m1/s1. The van der Waals surface area contributed by atoms with E-state index >= 15 is 0 Å². The van der Waals surface area contributed by atoms with Crippen LogP contribution in [0, 0.1) is 5.92 Å². The van der Waals surface area contributed by atoms with Gasteiger partial charge >= 0.3 is 5.97 Å². The number of nitrogens with zero attached hydrogens (tertiary/aromatic N) is 3. The van der Waals surface area contributed by atoms with Crippen molar-refractivity contribution in [2.24, 2.45) is 5.92 Å². The van der Waals surface area contributed by atoms with E-state index in [1.807, 2.05) is 31.2 Å². The summed E-state index contributed by atoms with van der Waals surface area (Å²) in [5.41, 5.74) is 2.67. The molecule has 1 aromatic heterocycles. The summed E-state index contributed by atoms with van der Waals surface area (Å²) < 4.78 is 10.6. The molecule has 33 heavy (non-hydrogen) atoms. The van der Waals surface area contributed by atoms with E-state index in [1.165, 1.54) is 7.11 Å². The molecule has 0 unspecified atom stereocenters. The fourth-order valence-electron chi connectivity index (χ4n) is 3.91. The molecule has 1 amide bonds. The van der Waals surface area contributed by atoms with Crippen LogP contribution in [0.2, 0.25) is 0 Å². The van der Waals surface area contributed by atoms with Crippen LogP contribution in [-0.4, -0.2) is 48.7 Å². The first-order valence-corrected chi connectivity index (χ1v) is 11.2. The number of fused-ring (bicyclic) bond motifs is 1. The molecule has 0 radical (unpaired) electrons. The van der Waals surface area contributed by atoms with Crippen molar-refractivity contribution in [1.29, 1.82) is 0 Å². The fraction of sp³-hybridized carbons (Fsp3) is 0.360. The van der Waals surface area contributed by atoms with Crippen LogP contribution in [0.15, 0.2) is 48.5 Å². The van der Waals surface area contributed by atoms with Gasteiger partial charge in [-0.2, -0.15) is 0 Å². The summed E-state index contributed by atoms with van der Waals surface area (Å²) in [6.07, 6.45) is 2.52. The molecule has 8 heteroatoms. The van der Waals surface area contributed by atoms with Gasteiger partial charge in [-0.15, -0.1) is 0 Å². The highest BCUT2D eigenvalue weighted by molar-refractivity contribution is 5.94. The van der Waals surface area contributed by atoms with Gasteiger partial charge in [0.15, 0.2) is 5.82 Å². The molecule has 1 fully saturated rings. The van der Waals surface area contributed by atoms with Gasteiger partial charge in [0.05, 0.1) is 36.2 Å². The summed E-state index contributed by atoms with van der Waals surface area (Å²) >= 11 is 0. The number of para-hydroxylation sites is 2. The van der Waals surface area contributed by atoms with Gasteiger partial charge < -0.3 is 19.7 Å². The molecule has 172 valence electrons. The van der Waals surface area contributed by atoms with Crippen molar-refractivity contribution < 1.29 is 19.1 Å². The third-order valence-electron chi connectivity index (χ3n) is 5.63. The molecule has 1 atom stereocenters. The Morgan fingerprint density at radius 1 is 1.09 bits per heavy atom. The van der Waals surface area contributed by atoms with Crippen molar-refractivity contribution in [3.05, 3.63) is 54.1 Å². The fourth-order valence-corrected chi connectivity index (χ4v) is 3.91. The van der Waals surface area contributed by atoms with E-state index in [-0.39, 0.29) is 11.8 Å². The minimum Gasteiger partial charge on any atom is -0.475 e. The first kappa shape index (κ1) is 22.5. The molecule has 0 bridgehead atoms. The average Bonchev–Trinajstić information content (AvgIpc) is 2.87. The zero-order valence-electron chi connectivity index (χ0n) is 18.9. The zero-order chi connectivity index (χ0) is 23.2. The lowest BCUT2D eigenvalue weighted by Gasteiger charge is -2.33. The molecule has 0 spiro atoms. The van der Waals surface area contributed by atoms with Crippen LogP contribution in [0.3, 0.4) is 0 Å². The summed E-state index contributed by atoms with van der Waals surface area (Å²) in [4.78, 5) is 36.2. The normalized spacial score (nSPS) is 15.8. The first-order chi connectivity index (χ1) is 16.1. The van der Waals surface area contributed by atoms with Gasteiger partial charge in [0.25, 0.3) is 5.88 Å². The van der Waals surface area contributed by atoms with E-state index in [4.69, 9.17) is 19.4 Å². The van der Waals surface area contributed by atoms with Crippen molar-refractivity contribution in [2.45, 2.75) is 26.2 Å². The Kier molecular flexibility index (Phi) is 7.02. The molecule has 2 heterocycles. The molecule has 3 aromatic rings. The van der Waals surface area contributed by atoms with E-state index in [0.717, 1.165) is 36.8 Å². The minimum absolute atomic E-state index is 0.0599. The molecule has 1 N–H and O–H groups in total. The number of amides is 1. The third kappa shape index (κ3) is 5.22. The number of rotatable bonds is 7. The number of benzene rings is 2. The molecule has 1 aliphatic rings. The number of ether oxygens (including phenoxy) is 2. The Morgan fingerprint density at radius 3 is 2.52 bits per heavy atom. The Labute approximate surface area is 192 Å². The Balaban J connectivity index is 1.50. The summed E-state index contributed by atoms with van der Waals surface area (Å²) in [7, 11) is 1.34. The smallest absolute Gasteiger partial charge is 0.337 e. The van der Waals surface area contributed by atoms with E-state index in [0.29, 0.717) is 36.1 Å². The van der Waals surface area contributed by atoms with E-state index in [2.05, 4.69) is 10.2 Å². The molecule has 0 saturated carbocycles. The van der Waals surface area contributed by atoms with Gasteiger partial charge in [-0.05, 0) is 55.7 Å². The highest BCUT2D eigenvalue weighted by Gasteiger charge is 2.29. The number of hydrogen-bond donors (Lipinski definition) is 1. The number of methoxy groups -OCH3 is 1. The molecule has 8 nitrogen and oxygen atoms in total. The SMILES string of the molecule is CCCOc1nc2ccccc2nc1N1CCC[C@@H](C(=O)Nc2ccc(C(=O)OC)cc2)C1. The van der Waals surface area contributed by atoms with E-state index in [1.54, 1.807) is 24.3 Å². The van der Waals surface area contributed by atoms with Crippen LogP contribution >= 0.6 is 0 Å². The molecular formula is C25H28N4O4. The lowest BCUT2D eigenvalue weighted by Crippen LogP contribution is -2.41. The molecular weight excluding hydrogens is 420 g/mol. The van der Waals surface area contributed by atoms with Crippen molar-refractivity contribution in [3.63, 3.8) is 0 Å². The van der Waals surface area contributed by atoms with Crippen molar-refractivity contribution in [3.8, 4) is 5.88 Å². The first-order valence-electron chi connectivity index (χ1n) is 11.2. The number of aromatic nitrogens is 2. The predicted octanol–water partition coefficient (Wildman–Crippen LogP) is 4.06. The molecule has 4 rings (SSSR count). The summed E-state index contributed by atoms with van der Waals surface area (Å²) in [5.74, 6) is 0.520. The van der Waals surface area contributed by atoms with E-state index < -0.39 is 5.97 Å². The summed E-state index contributed by atoms with van der Waals surface area (Å²) in [6.45, 7) is 3.92. The Morgan fingerprint density at radius 2 is 1.82 bits per heavy atom. The Hall–Kier alpha value is -3.68. The number of piperidine rings is 1. The van der Waals surface area contributed by atoms with Crippen molar-refractivity contribution >= 4 is 34.4 Å². The van der Waals surface area contributed by atoms with Crippen LogP contribution in [0.25, 0.3) is 11.0 Å². The zero-order valence-corrected chi connectivity index (χ0v) is 18.9.